The second-order valence-electron chi connectivity index (χ2n) is 5.09. The number of carbonyl (C=O) groups excluding carboxylic acids is 2. The number of hydrogen-bond donors (Lipinski definition) is 2. The minimum absolute atomic E-state index is 0.000163. The number of halogens is 3. The van der Waals surface area contributed by atoms with E-state index in [2.05, 4.69) is 15.4 Å². The molecule has 0 spiro atoms. The molecule has 2 aromatic carbocycles. The van der Waals surface area contributed by atoms with Crippen molar-refractivity contribution in [3.63, 3.8) is 0 Å². The predicted molar refractivity (Wildman–Crippen MR) is 93.2 cm³/mol. The number of carbonyl (C=O) groups is 2. The van der Waals surface area contributed by atoms with Crippen LogP contribution in [-0.2, 0) is 9.59 Å². The largest absolute Gasteiger partial charge is 0.573 e. The maximum absolute atomic E-state index is 12.4. The first-order valence-corrected chi connectivity index (χ1v) is 8.36. The molecule has 0 unspecified atom stereocenters. The summed E-state index contributed by atoms with van der Waals surface area (Å²) in [7, 11) is 0. The third kappa shape index (κ3) is 6.67. The summed E-state index contributed by atoms with van der Waals surface area (Å²) in [5.74, 6) is -1.14. The van der Waals surface area contributed by atoms with Gasteiger partial charge in [-0.25, -0.2) is 0 Å². The van der Waals surface area contributed by atoms with Crippen molar-refractivity contribution >= 4 is 35.0 Å². The van der Waals surface area contributed by atoms with Gasteiger partial charge in [-0.3, -0.25) is 9.59 Å². The van der Waals surface area contributed by atoms with E-state index in [1.165, 1.54) is 36.9 Å². The fraction of sp³-hybridized carbons (Fsp3) is 0.176. The monoisotopic (exact) mass is 384 g/mol. The number of hydrogen-bond acceptors (Lipinski definition) is 4. The summed E-state index contributed by atoms with van der Waals surface area (Å²) in [5.41, 5.74) is 0.570. The van der Waals surface area contributed by atoms with E-state index in [0.717, 1.165) is 11.0 Å². The molecule has 0 fully saturated rings. The van der Waals surface area contributed by atoms with Crippen molar-refractivity contribution in [3.05, 3.63) is 48.5 Å². The molecule has 0 saturated carbocycles. The average molecular weight is 384 g/mol. The van der Waals surface area contributed by atoms with Crippen LogP contribution in [0.4, 0.5) is 24.5 Å². The Labute approximate surface area is 151 Å². The van der Waals surface area contributed by atoms with Crippen molar-refractivity contribution in [3.8, 4) is 5.75 Å². The van der Waals surface area contributed by atoms with E-state index in [1.807, 2.05) is 0 Å². The normalized spacial score (nSPS) is 10.9. The van der Waals surface area contributed by atoms with Gasteiger partial charge >= 0.3 is 6.36 Å². The van der Waals surface area contributed by atoms with Gasteiger partial charge in [-0.15, -0.1) is 24.9 Å². The summed E-state index contributed by atoms with van der Waals surface area (Å²) in [6.07, 6.45) is -4.84. The van der Waals surface area contributed by atoms with Gasteiger partial charge in [-0.1, -0.05) is 12.1 Å². The fourth-order valence-electron chi connectivity index (χ4n) is 1.96. The minimum Gasteiger partial charge on any atom is -0.404 e. The number of ether oxygens (including phenoxy) is 1. The van der Waals surface area contributed by atoms with Gasteiger partial charge in [-0.05, 0) is 36.4 Å². The van der Waals surface area contributed by atoms with Gasteiger partial charge in [-0.2, -0.15) is 0 Å². The van der Waals surface area contributed by atoms with E-state index in [0.29, 0.717) is 5.69 Å². The van der Waals surface area contributed by atoms with Crippen molar-refractivity contribution in [2.24, 2.45) is 0 Å². The van der Waals surface area contributed by atoms with Gasteiger partial charge in [0.15, 0.2) is 5.75 Å². The van der Waals surface area contributed by atoms with E-state index in [4.69, 9.17) is 0 Å². The van der Waals surface area contributed by atoms with Crippen molar-refractivity contribution in [2.75, 3.05) is 16.4 Å². The van der Waals surface area contributed by atoms with E-state index >= 15 is 0 Å². The first kappa shape index (κ1) is 19.6. The van der Waals surface area contributed by atoms with Crippen LogP contribution in [0.2, 0.25) is 0 Å². The molecule has 2 amide bonds. The molecule has 5 nitrogen and oxygen atoms in total. The Morgan fingerprint density at radius 2 is 1.69 bits per heavy atom. The highest BCUT2D eigenvalue weighted by Gasteiger charge is 2.32. The Morgan fingerprint density at radius 1 is 1.04 bits per heavy atom. The van der Waals surface area contributed by atoms with Crippen LogP contribution in [0.1, 0.15) is 6.92 Å². The van der Waals surface area contributed by atoms with E-state index < -0.39 is 18.0 Å². The average Bonchev–Trinajstić information content (AvgIpc) is 2.54. The quantitative estimate of drug-likeness (QED) is 0.730. The van der Waals surface area contributed by atoms with Gasteiger partial charge in [0, 0.05) is 17.5 Å². The van der Waals surface area contributed by atoms with Crippen molar-refractivity contribution in [1.82, 2.24) is 0 Å². The number of amides is 2. The second kappa shape index (κ2) is 8.61. The molecular weight excluding hydrogens is 369 g/mol. The van der Waals surface area contributed by atoms with Crippen molar-refractivity contribution in [1.29, 1.82) is 0 Å². The fourth-order valence-corrected chi connectivity index (χ4v) is 2.65. The molecule has 0 atom stereocenters. The van der Waals surface area contributed by atoms with Gasteiger partial charge in [0.05, 0.1) is 11.4 Å². The first-order valence-electron chi connectivity index (χ1n) is 7.38. The molecule has 0 saturated heterocycles. The molecular formula is C17H15F3N2O3S. The molecule has 0 aliphatic heterocycles. The molecule has 0 heterocycles. The van der Waals surface area contributed by atoms with Crippen LogP contribution in [-0.4, -0.2) is 23.9 Å². The van der Waals surface area contributed by atoms with E-state index in [9.17, 15) is 22.8 Å². The van der Waals surface area contributed by atoms with Gasteiger partial charge in [0.25, 0.3) is 0 Å². The lowest BCUT2D eigenvalue weighted by Gasteiger charge is -2.13. The maximum Gasteiger partial charge on any atom is 0.573 e. The molecule has 138 valence electrons. The lowest BCUT2D eigenvalue weighted by molar-refractivity contribution is -0.274. The molecule has 26 heavy (non-hydrogen) atoms. The SMILES string of the molecule is CC(=O)Nc1ccc(SCC(=O)Nc2ccccc2OC(F)(F)F)cc1. The van der Waals surface area contributed by atoms with Gasteiger partial charge in [0.1, 0.15) is 0 Å². The van der Waals surface area contributed by atoms with Crippen LogP contribution < -0.4 is 15.4 Å². The molecule has 2 rings (SSSR count). The number of thioether (sulfide) groups is 1. The maximum atomic E-state index is 12.4. The minimum atomic E-state index is -4.84. The zero-order chi connectivity index (χ0) is 19.2. The smallest absolute Gasteiger partial charge is 0.404 e. The number of anilines is 2. The van der Waals surface area contributed by atoms with E-state index in [-0.39, 0.29) is 17.3 Å². The third-order valence-electron chi connectivity index (χ3n) is 2.93. The number of alkyl halides is 3. The predicted octanol–water partition coefficient (Wildman–Crippen LogP) is 4.27. The molecule has 0 aliphatic rings. The molecule has 0 aliphatic carbocycles. The number of rotatable bonds is 6. The Balaban J connectivity index is 1.92. The third-order valence-corrected chi connectivity index (χ3v) is 3.94. The molecule has 0 bridgehead atoms. The molecule has 0 radical (unpaired) electrons. The highest BCUT2D eigenvalue weighted by atomic mass is 32.2. The lowest BCUT2D eigenvalue weighted by atomic mass is 10.3. The van der Waals surface area contributed by atoms with E-state index in [1.54, 1.807) is 24.3 Å². The van der Waals surface area contributed by atoms with Crippen LogP contribution >= 0.6 is 11.8 Å². The lowest BCUT2D eigenvalue weighted by Crippen LogP contribution is -2.20. The zero-order valence-corrected chi connectivity index (χ0v) is 14.4. The Bertz CT molecular complexity index is 780. The highest BCUT2D eigenvalue weighted by molar-refractivity contribution is 8.00. The summed E-state index contributed by atoms with van der Waals surface area (Å²) in [4.78, 5) is 23.7. The zero-order valence-electron chi connectivity index (χ0n) is 13.6. The summed E-state index contributed by atoms with van der Waals surface area (Å²) in [5, 5.41) is 5.02. The van der Waals surface area contributed by atoms with Gasteiger partial charge in [0.2, 0.25) is 11.8 Å². The van der Waals surface area contributed by atoms with Crippen LogP contribution in [0.25, 0.3) is 0 Å². The molecule has 9 heteroatoms. The highest BCUT2D eigenvalue weighted by Crippen LogP contribution is 2.30. The number of nitrogens with one attached hydrogen (secondary N) is 2. The van der Waals surface area contributed by atoms with Crippen molar-refractivity contribution < 1.29 is 27.5 Å². The van der Waals surface area contributed by atoms with Crippen LogP contribution in [0, 0.1) is 0 Å². The summed E-state index contributed by atoms with van der Waals surface area (Å²) in [6, 6.07) is 12.1. The number of benzene rings is 2. The van der Waals surface area contributed by atoms with Crippen molar-refractivity contribution in [2.45, 2.75) is 18.2 Å². The van der Waals surface area contributed by atoms with Crippen LogP contribution in [0.15, 0.2) is 53.4 Å². The second-order valence-corrected chi connectivity index (χ2v) is 6.14. The Morgan fingerprint density at radius 3 is 2.31 bits per heavy atom. The summed E-state index contributed by atoms with van der Waals surface area (Å²) < 4.78 is 41.0. The first-order chi connectivity index (χ1) is 12.2. The van der Waals surface area contributed by atoms with Crippen LogP contribution in [0.3, 0.4) is 0 Å². The Kier molecular flexibility index (Phi) is 6.51. The molecule has 2 aromatic rings. The molecule has 0 aromatic heterocycles. The van der Waals surface area contributed by atoms with Crippen LogP contribution in [0.5, 0.6) is 5.75 Å². The Hall–Kier alpha value is -2.68. The molecule has 2 N–H and O–H groups in total. The van der Waals surface area contributed by atoms with Gasteiger partial charge < -0.3 is 15.4 Å². The topological polar surface area (TPSA) is 67.4 Å². The summed E-state index contributed by atoms with van der Waals surface area (Å²) in [6.45, 7) is 1.40. The number of para-hydroxylation sites is 2. The summed E-state index contributed by atoms with van der Waals surface area (Å²) >= 11 is 1.21. The standard InChI is InChI=1S/C17H15F3N2O3S/c1-11(23)21-12-6-8-13(9-7-12)26-10-16(24)22-14-4-2-3-5-15(14)25-17(18,19)20/h2-9H,10H2,1H3,(H,21,23)(H,22,24).